The normalized spacial score (nSPS) is 12.8. The average Bonchev–Trinajstić information content (AvgIpc) is 2.56. The number of nitrogens with zero attached hydrogens (tertiary/aromatic N) is 1. The van der Waals surface area contributed by atoms with Gasteiger partial charge in [0, 0.05) is 25.8 Å². The molecule has 0 aliphatic carbocycles. The first-order valence-corrected chi connectivity index (χ1v) is 8.42. The molecule has 2 N–H and O–H groups in total. The van der Waals surface area contributed by atoms with Gasteiger partial charge in [-0.05, 0) is 39.3 Å². The smallest absolute Gasteiger partial charge is 0.422 e. The zero-order valence-corrected chi connectivity index (χ0v) is 16.0. The second-order valence-electron chi connectivity index (χ2n) is 6.53. The Kier molecular flexibility index (Phi) is 8.20. The van der Waals surface area contributed by atoms with Crippen LogP contribution in [-0.2, 0) is 11.3 Å². The van der Waals surface area contributed by atoms with Gasteiger partial charge in [-0.25, -0.2) is 4.99 Å². The van der Waals surface area contributed by atoms with E-state index in [1.807, 2.05) is 26.8 Å². The molecular weight excluding hydrogens is 347 g/mol. The van der Waals surface area contributed by atoms with Gasteiger partial charge in [-0.2, -0.15) is 13.2 Å². The molecule has 0 amide bonds. The quantitative estimate of drug-likeness (QED) is 0.540. The summed E-state index contributed by atoms with van der Waals surface area (Å²) in [4.78, 5) is 4.43. The van der Waals surface area contributed by atoms with Gasteiger partial charge in [0.15, 0.2) is 12.6 Å². The van der Waals surface area contributed by atoms with Gasteiger partial charge in [-0.3, -0.25) is 0 Å². The number of benzene rings is 1. The molecule has 8 heteroatoms. The van der Waals surface area contributed by atoms with Crippen LogP contribution in [0.3, 0.4) is 0 Å². The summed E-state index contributed by atoms with van der Waals surface area (Å²) in [5, 5.41) is 6.26. The monoisotopic (exact) mass is 375 g/mol. The first-order chi connectivity index (χ1) is 12.1. The van der Waals surface area contributed by atoms with E-state index >= 15 is 0 Å². The van der Waals surface area contributed by atoms with Crippen molar-refractivity contribution in [1.82, 2.24) is 10.6 Å². The number of guanidine groups is 1. The molecule has 0 heterocycles. The third-order valence-electron chi connectivity index (χ3n) is 3.60. The highest BCUT2D eigenvalue weighted by Gasteiger charge is 2.28. The Morgan fingerprint density at radius 2 is 1.88 bits per heavy atom. The van der Waals surface area contributed by atoms with Crippen molar-refractivity contribution >= 4 is 5.96 Å². The molecule has 0 fully saturated rings. The van der Waals surface area contributed by atoms with Crippen LogP contribution in [0.1, 0.15) is 31.9 Å². The Morgan fingerprint density at radius 3 is 2.46 bits per heavy atom. The molecule has 0 aliphatic rings. The van der Waals surface area contributed by atoms with E-state index in [-0.39, 0.29) is 17.9 Å². The van der Waals surface area contributed by atoms with Crippen LogP contribution in [0.15, 0.2) is 23.2 Å². The molecule has 148 valence electrons. The minimum atomic E-state index is -4.38. The minimum Gasteiger partial charge on any atom is -0.484 e. The number of halogens is 3. The van der Waals surface area contributed by atoms with E-state index in [1.54, 1.807) is 26.2 Å². The fourth-order valence-electron chi connectivity index (χ4n) is 1.96. The van der Waals surface area contributed by atoms with E-state index < -0.39 is 12.8 Å². The van der Waals surface area contributed by atoms with Crippen LogP contribution in [0.25, 0.3) is 0 Å². The maximum Gasteiger partial charge on any atom is 0.422 e. The zero-order chi connectivity index (χ0) is 19.8. The maximum absolute atomic E-state index is 12.4. The second kappa shape index (κ2) is 9.66. The Bertz CT molecular complexity index is 602. The van der Waals surface area contributed by atoms with E-state index in [9.17, 15) is 13.2 Å². The summed E-state index contributed by atoms with van der Waals surface area (Å²) in [6, 6.07) is 5.14. The highest BCUT2D eigenvalue weighted by Crippen LogP contribution is 2.24. The molecular formula is C18H28F3N3O2. The molecule has 0 bridgehead atoms. The first-order valence-electron chi connectivity index (χ1n) is 8.42. The highest BCUT2D eigenvalue weighted by atomic mass is 19.4. The Balaban J connectivity index is 2.87. The van der Waals surface area contributed by atoms with Crippen molar-refractivity contribution in [3.8, 4) is 5.75 Å². The average molecular weight is 375 g/mol. The van der Waals surface area contributed by atoms with Gasteiger partial charge < -0.3 is 20.1 Å². The van der Waals surface area contributed by atoms with Gasteiger partial charge in [-0.1, -0.05) is 12.1 Å². The predicted octanol–water partition coefficient (Wildman–Crippen LogP) is 3.42. The van der Waals surface area contributed by atoms with Crippen LogP contribution >= 0.6 is 0 Å². The topological polar surface area (TPSA) is 54.9 Å². The van der Waals surface area contributed by atoms with Crippen molar-refractivity contribution in [2.45, 2.75) is 46.0 Å². The van der Waals surface area contributed by atoms with Crippen LogP contribution in [0.2, 0.25) is 0 Å². The fraction of sp³-hybridized carbons (Fsp3) is 0.611. The van der Waals surface area contributed by atoms with Crippen LogP contribution in [-0.4, -0.2) is 44.5 Å². The lowest BCUT2D eigenvalue weighted by molar-refractivity contribution is -0.153. The van der Waals surface area contributed by atoms with Gasteiger partial charge >= 0.3 is 6.18 Å². The predicted molar refractivity (Wildman–Crippen MR) is 96.6 cm³/mol. The van der Waals surface area contributed by atoms with E-state index in [0.29, 0.717) is 24.6 Å². The number of rotatable bonds is 8. The number of hydrogen-bond acceptors (Lipinski definition) is 3. The summed E-state index contributed by atoms with van der Waals surface area (Å²) in [5.41, 5.74) is 1.03. The molecule has 0 radical (unpaired) electrons. The van der Waals surface area contributed by atoms with Gasteiger partial charge in [0.05, 0.1) is 12.1 Å². The maximum atomic E-state index is 12.4. The van der Waals surface area contributed by atoms with Crippen molar-refractivity contribution in [1.29, 1.82) is 0 Å². The molecule has 0 spiro atoms. The van der Waals surface area contributed by atoms with Crippen molar-refractivity contribution in [3.63, 3.8) is 0 Å². The van der Waals surface area contributed by atoms with E-state index in [2.05, 4.69) is 15.6 Å². The summed E-state index contributed by atoms with van der Waals surface area (Å²) >= 11 is 0. The third-order valence-corrected chi connectivity index (χ3v) is 3.60. The number of hydrogen-bond donors (Lipinski definition) is 2. The van der Waals surface area contributed by atoms with Gasteiger partial charge in [-0.15, -0.1) is 0 Å². The Morgan fingerprint density at radius 1 is 1.19 bits per heavy atom. The summed E-state index contributed by atoms with van der Waals surface area (Å²) in [6.07, 6.45) is -4.38. The molecule has 1 aromatic carbocycles. The van der Waals surface area contributed by atoms with Gasteiger partial charge in [0.25, 0.3) is 0 Å². The van der Waals surface area contributed by atoms with Crippen molar-refractivity contribution in [2.24, 2.45) is 4.99 Å². The highest BCUT2D eigenvalue weighted by molar-refractivity contribution is 5.79. The van der Waals surface area contributed by atoms with Crippen LogP contribution in [0.5, 0.6) is 5.75 Å². The van der Waals surface area contributed by atoms with Crippen LogP contribution in [0, 0.1) is 6.92 Å². The largest absolute Gasteiger partial charge is 0.484 e. The molecule has 1 rings (SSSR count). The van der Waals surface area contributed by atoms with Gasteiger partial charge in [0.1, 0.15) is 5.75 Å². The molecule has 0 saturated heterocycles. The Labute approximate surface area is 153 Å². The van der Waals surface area contributed by atoms with E-state index in [1.165, 1.54) is 0 Å². The van der Waals surface area contributed by atoms with Crippen LogP contribution < -0.4 is 15.4 Å². The SMILES string of the molecule is CCNC(=NCc1ccc(C)cc1OCC(F)(F)F)NCC(C)(C)OC. The van der Waals surface area contributed by atoms with Crippen molar-refractivity contribution < 1.29 is 22.6 Å². The number of methoxy groups -OCH3 is 1. The fourth-order valence-corrected chi connectivity index (χ4v) is 1.96. The lowest BCUT2D eigenvalue weighted by atomic mass is 10.1. The standard InChI is InChI=1S/C18H28F3N3O2/c1-6-22-16(24-11-17(3,4)25-5)23-10-14-8-7-13(2)9-15(14)26-12-18(19,20)21/h7-9H,6,10-12H2,1-5H3,(H2,22,23,24). The first kappa shape index (κ1) is 22.1. The molecule has 0 unspecified atom stereocenters. The number of ether oxygens (including phenoxy) is 2. The zero-order valence-electron chi connectivity index (χ0n) is 16.0. The molecule has 0 atom stereocenters. The number of aliphatic imine (C=N–C) groups is 1. The molecule has 0 aromatic heterocycles. The lowest BCUT2D eigenvalue weighted by Crippen LogP contribution is -2.45. The number of nitrogens with one attached hydrogen (secondary N) is 2. The minimum absolute atomic E-state index is 0.191. The summed E-state index contributed by atoms with van der Waals surface area (Å²) in [7, 11) is 1.63. The van der Waals surface area contributed by atoms with Crippen molar-refractivity contribution in [2.75, 3.05) is 26.8 Å². The summed E-state index contributed by atoms with van der Waals surface area (Å²) in [6.45, 7) is 7.66. The lowest BCUT2D eigenvalue weighted by Gasteiger charge is -2.24. The number of aryl methyl sites for hydroxylation is 1. The Hall–Kier alpha value is -1.96. The molecule has 5 nitrogen and oxygen atoms in total. The van der Waals surface area contributed by atoms with Gasteiger partial charge in [0.2, 0.25) is 0 Å². The molecule has 1 aromatic rings. The summed E-state index contributed by atoms with van der Waals surface area (Å²) in [5.74, 6) is 0.749. The van der Waals surface area contributed by atoms with Crippen LogP contribution in [0.4, 0.5) is 13.2 Å². The molecule has 0 aliphatic heterocycles. The van der Waals surface area contributed by atoms with E-state index in [4.69, 9.17) is 9.47 Å². The molecule has 26 heavy (non-hydrogen) atoms. The van der Waals surface area contributed by atoms with Crippen molar-refractivity contribution in [3.05, 3.63) is 29.3 Å². The molecule has 0 saturated carbocycles. The number of alkyl halides is 3. The van der Waals surface area contributed by atoms with E-state index in [0.717, 1.165) is 5.56 Å². The summed E-state index contributed by atoms with van der Waals surface area (Å²) < 4.78 is 47.7. The third kappa shape index (κ3) is 8.42. The second-order valence-corrected chi connectivity index (χ2v) is 6.53.